The summed E-state index contributed by atoms with van der Waals surface area (Å²) in [7, 11) is 2.03. The average molecular weight is 525 g/mol. The third-order valence-corrected chi connectivity index (χ3v) is 7.30. The monoisotopic (exact) mass is 524 g/mol. The van der Waals surface area contributed by atoms with Crippen molar-refractivity contribution in [3.63, 3.8) is 0 Å². The van der Waals surface area contributed by atoms with Crippen molar-refractivity contribution in [3.8, 4) is 0 Å². The number of rotatable bonds is 8. The van der Waals surface area contributed by atoms with Gasteiger partial charge in [0.05, 0.1) is 11.0 Å². The van der Waals surface area contributed by atoms with E-state index in [-0.39, 0.29) is 17.9 Å². The van der Waals surface area contributed by atoms with Crippen molar-refractivity contribution in [2.75, 3.05) is 36.5 Å². The maximum atomic E-state index is 11.9. The second-order valence-corrected chi connectivity index (χ2v) is 11.7. The number of aromatic nitrogens is 2. The zero-order valence-electron chi connectivity index (χ0n) is 22.2. The minimum absolute atomic E-state index is 0.0552. The van der Waals surface area contributed by atoms with Gasteiger partial charge in [-0.15, -0.1) is 0 Å². The molecule has 2 aromatic carbocycles. The highest BCUT2D eigenvalue weighted by atomic mass is 32.2. The standard InChI is InChI=1S/C28H36N4O4S/c1-19(33)36-18-26(34)29-21-6-9-23(10-7-21)37-31(5)22-8-11-25-24(16-22)30-27(28(2,3)4)32(25)17-20-12-14-35-15-13-20/h6-11,16,20H,12-15,17-18H2,1-5H3,(H,29,34). The summed E-state index contributed by atoms with van der Waals surface area (Å²) in [5, 5.41) is 2.72. The highest BCUT2D eigenvalue weighted by molar-refractivity contribution is 8.00. The van der Waals surface area contributed by atoms with Crippen LogP contribution in [0.2, 0.25) is 0 Å². The Morgan fingerprint density at radius 1 is 1.16 bits per heavy atom. The van der Waals surface area contributed by atoms with E-state index in [1.165, 1.54) is 12.4 Å². The van der Waals surface area contributed by atoms with Crippen molar-refractivity contribution < 1.29 is 19.1 Å². The van der Waals surface area contributed by atoms with E-state index in [9.17, 15) is 9.59 Å². The molecule has 3 aromatic rings. The number of esters is 1. The molecule has 37 heavy (non-hydrogen) atoms. The fourth-order valence-electron chi connectivity index (χ4n) is 4.43. The predicted molar refractivity (Wildman–Crippen MR) is 148 cm³/mol. The highest BCUT2D eigenvalue weighted by Crippen LogP contribution is 2.33. The van der Waals surface area contributed by atoms with Gasteiger partial charge >= 0.3 is 5.97 Å². The molecule has 0 aliphatic carbocycles. The number of anilines is 2. The minimum Gasteiger partial charge on any atom is -0.456 e. The van der Waals surface area contributed by atoms with Crippen molar-refractivity contribution >= 4 is 46.2 Å². The SMILES string of the molecule is CC(=O)OCC(=O)Nc1ccc(SN(C)c2ccc3c(c2)nc(C(C)(C)C)n3CC2CCOCC2)cc1. The van der Waals surface area contributed by atoms with Crippen LogP contribution in [-0.4, -0.2) is 48.3 Å². The maximum Gasteiger partial charge on any atom is 0.303 e. The van der Waals surface area contributed by atoms with Gasteiger partial charge in [0.1, 0.15) is 5.82 Å². The van der Waals surface area contributed by atoms with Gasteiger partial charge in [0.25, 0.3) is 5.91 Å². The lowest BCUT2D eigenvalue weighted by Gasteiger charge is -2.26. The molecule has 9 heteroatoms. The van der Waals surface area contributed by atoms with E-state index in [0.717, 1.165) is 54.5 Å². The van der Waals surface area contributed by atoms with Crippen LogP contribution in [0.3, 0.4) is 0 Å². The molecule has 1 aliphatic heterocycles. The first-order chi connectivity index (χ1) is 17.6. The first-order valence-electron chi connectivity index (χ1n) is 12.6. The Morgan fingerprint density at radius 2 is 1.86 bits per heavy atom. The van der Waals surface area contributed by atoms with E-state index in [0.29, 0.717) is 11.6 Å². The van der Waals surface area contributed by atoms with Crippen LogP contribution in [-0.2, 0) is 31.0 Å². The molecule has 8 nitrogen and oxygen atoms in total. The topological polar surface area (TPSA) is 85.7 Å². The summed E-state index contributed by atoms with van der Waals surface area (Å²) < 4.78 is 14.8. The molecular formula is C28H36N4O4S. The molecule has 4 rings (SSSR count). The first kappa shape index (κ1) is 27.0. The van der Waals surface area contributed by atoms with E-state index in [1.807, 2.05) is 31.3 Å². The molecule has 1 saturated heterocycles. The molecule has 2 heterocycles. The number of fused-ring (bicyclic) bond motifs is 1. The van der Waals surface area contributed by atoms with Crippen LogP contribution in [0, 0.1) is 5.92 Å². The molecule has 1 fully saturated rings. The van der Waals surface area contributed by atoms with E-state index in [1.54, 1.807) is 11.9 Å². The Morgan fingerprint density at radius 3 is 2.51 bits per heavy atom. The van der Waals surface area contributed by atoms with Crippen molar-refractivity contribution in [2.24, 2.45) is 5.92 Å². The van der Waals surface area contributed by atoms with Gasteiger partial charge in [-0.3, -0.25) is 9.59 Å². The van der Waals surface area contributed by atoms with E-state index >= 15 is 0 Å². The highest BCUT2D eigenvalue weighted by Gasteiger charge is 2.25. The van der Waals surface area contributed by atoms with Gasteiger partial charge in [-0.2, -0.15) is 0 Å². The Hall–Kier alpha value is -3.04. The number of nitrogens with one attached hydrogen (secondary N) is 1. The number of ether oxygens (including phenoxy) is 2. The molecule has 1 N–H and O–H groups in total. The number of hydrogen-bond acceptors (Lipinski definition) is 7. The molecular weight excluding hydrogens is 488 g/mol. The zero-order chi connectivity index (χ0) is 26.6. The van der Waals surface area contributed by atoms with Gasteiger partial charge in [0.15, 0.2) is 6.61 Å². The molecule has 0 saturated carbocycles. The summed E-state index contributed by atoms with van der Waals surface area (Å²) in [4.78, 5) is 28.8. The summed E-state index contributed by atoms with van der Waals surface area (Å²) in [6.45, 7) is 10.3. The molecule has 1 amide bonds. The van der Waals surface area contributed by atoms with Crippen molar-refractivity contribution in [3.05, 3.63) is 48.3 Å². The fourth-order valence-corrected chi connectivity index (χ4v) is 5.23. The second kappa shape index (κ2) is 11.6. The smallest absolute Gasteiger partial charge is 0.303 e. The molecule has 0 radical (unpaired) electrons. The zero-order valence-corrected chi connectivity index (χ0v) is 23.1. The second-order valence-electron chi connectivity index (χ2n) is 10.5. The Balaban J connectivity index is 1.47. The number of carbonyl (C=O) groups is 2. The summed E-state index contributed by atoms with van der Waals surface area (Å²) in [6.07, 6.45) is 2.19. The Labute approximate surface area is 222 Å². The van der Waals surface area contributed by atoms with Gasteiger partial charge in [-0.1, -0.05) is 20.8 Å². The van der Waals surface area contributed by atoms with Gasteiger partial charge in [-0.25, -0.2) is 4.98 Å². The fraction of sp³-hybridized carbons (Fsp3) is 0.464. The number of benzene rings is 2. The minimum atomic E-state index is -0.483. The number of nitrogens with zero attached hydrogens (tertiary/aromatic N) is 3. The molecule has 0 spiro atoms. The van der Waals surface area contributed by atoms with Crippen LogP contribution >= 0.6 is 11.9 Å². The van der Waals surface area contributed by atoms with E-state index < -0.39 is 5.97 Å². The lowest BCUT2D eigenvalue weighted by molar-refractivity contribution is -0.144. The normalized spacial score (nSPS) is 14.5. The molecule has 0 unspecified atom stereocenters. The summed E-state index contributed by atoms with van der Waals surface area (Å²) in [5.41, 5.74) is 3.84. The van der Waals surface area contributed by atoms with Crippen LogP contribution in [0.1, 0.15) is 46.4 Å². The van der Waals surface area contributed by atoms with Crippen molar-refractivity contribution in [2.45, 2.75) is 57.4 Å². The third kappa shape index (κ3) is 7.05. The summed E-state index contributed by atoms with van der Waals surface area (Å²) >= 11 is 1.59. The van der Waals surface area contributed by atoms with Crippen LogP contribution in [0.4, 0.5) is 11.4 Å². The van der Waals surface area contributed by atoms with Crippen molar-refractivity contribution in [1.82, 2.24) is 9.55 Å². The van der Waals surface area contributed by atoms with Crippen LogP contribution < -0.4 is 9.62 Å². The molecule has 1 aliphatic rings. The number of hydrogen-bond donors (Lipinski definition) is 1. The van der Waals surface area contributed by atoms with Gasteiger partial charge < -0.3 is 23.7 Å². The number of imidazole rings is 1. The summed E-state index contributed by atoms with van der Waals surface area (Å²) in [6, 6.07) is 14.0. The predicted octanol–water partition coefficient (Wildman–Crippen LogP) is 5.41. The quantitative estimate of drug-likeness (QED) is 0.312. The molecule has 198 valence electrons. The maximum absolute atomic E-state index is 11.9. The lowest BCUT2D eigenvalue weighted by Crippen LogP contribution is -2.25. The van der Waals surface area contributed by atoms with Gasteiger partial charge in [0.2, 0.25) is 0 Å². The third-order valence-electron chi connectivity index (χ3n) is 6.33. The van der Waals surface area contributed by atoms with Crippen LogP contribution in [0.15, 0.2) is 47.4 Å². The molecule has 0 bridgehead atoms. The van der Waals surface area contributed by atoms with E-state index in [2.05, 4.69) is 53.2 Å². The van der Waals surface area contributed by atoms with Crippen molar-refractivity contribution in [1.29, 1.82) is 0 Å². The van der Waals surface area contributed by atoms with E-state index in [4.69, 9.17) is 14.5 Å². The van der Waals surface area contributed by atoms with Crippen LogP contribution in [0.5, 0.6) is 0 Å². The summed E-state index contributed by atoms with van der Waals surface area (Å²) in [5.74, 6) is 0.878. The average Bonchev–Trinajstić information content (AvgIpc) is 3.23. The van der Waals surface area contributed by atoms with Gasteiger partial charge in [-0.05, 0) is 73.2 Å². The lowest BCUT2D eigenvalue weighted by atomic mass is 9.94. The van der Waals surface area contributed by atoms with Crippen LogP contribution in [0.25, 0.3) is 11.0 Å². The Bertz CT molecular complexity index is 1240. The largest absolute Gasteiger partial charge is 0.456 e. The van der Waals surface area contributed by atoms with Gasteiger partial charge in [0, 0.05) is 55.4 Å². The number of amides is 1. The first-order valence-corrected chi connectivity index (χ1v) is 13.4. The number of carbonyl (C=O) groups excluding carboxylic acids is 2. The Kier molecular flexibility index (Phi) is 8.44. The molecule has 0 atom stereocenters. The molecule has 1 aromatic heterocycles.